The standard InChI is InChI=1S/C20H12/c1-2-6-15-12-19-17-10-4-8-13-7-3-9-16(20(13)17)18(19)11-14(15)5-1/h1-12H/i1+1,2+1,5+1,6+1,14+1,15+1. The maximum Gasteiger partial charge on any atom is -0.00264 e. The van der Waals surface area contributed by atoms with E-state index in [-0.39, 0.29) is 0 Å². The Bertz CT molecular complexity index is 916. The third-order valence-corrected chi connectivity index (χ3v) is 4.37. The van der Waals surface area contributed by atoms with Crippen molar-refractivity contribution >= 4 is 21.5 Å². The van der Waals surface area contributed by atoms with Gasteiger partial charge < -0.3 is 0 Å². The van der Waals surface area contributed by atoms with Crippen molar-refractivity contribution < 1.29 is 0 Å². The monoisotopic (exact) mass is 258 g/mol. The van der Waals surface area contributed by atoms with Crippen molar-refractivity contribution in [2.24, 2.45) is 0 Å². The molecule has 0 bridgehead atoms. The second kappa shape index (κ2) is 3.49. The third kappa shape index (κ3) is 1.16. The molecule has 0 saturated carbocycles. The van der Waals surface area contributed by atoms with Crippen LogP contribution in [0.2, 0.25) is 0 Å². The second-order valence-electron chi connectivity index (χ2n) is 5.45. The van der Waals surface area contributed by atoms with Crippen molar-refractivity contribution in [2.75, 3.05) is 0 Å². The molecule has 0 saturated heterocycles. The summed E-state index contributed by atoms with van der Waals surface area (Å²) in [7, 11) is 0. The predicted molar refractivity (Wildman–Crippen MR) is 85.9 cm³/mol. The first-order chi connectivity index (χ1) is 9.92. The molecule has 92 valence electrons. The van der Waals surface area contributed by atoms with Gasteiger partial charge in [-0.1, -0.05) is 60.7 Å². The van der Waals surface area contributed by atoms with Crippen LogP contribution >= 0.6 is 0 Å². The quantitative estimate of drug-likeness (QED) is 0.337. The predicted octanol–water partition coefficient (Wildman–Crippen LogP) is 5.64. The number of benzene rings is 4. The largest absolute Gasteiger partial charge is 0.0616 e. The Hall–Kier alpha value is -2.60. The Morgan fingerprint density at radius 1 is 0.400 bits per heavy atom. The molecule has 0 N–H and O–H groups in total. The summed E-state index contributed by atoms with van der Waals surface area (Å²) < 4.78 is 0. The summed E-state index contributed by atoms with van der Waals surface area (Å²) in [6.07, 6.45) is 0. The van der Waals surface area contributed by atoms with E-state index in [9.17, 15) is 0 Å². The summed E-state index contributed by atoms with van der Waals surface area (Å²) in [4.78, 5) is 0. The Kier molecular flexibility index (Phi) is 1.78. The molecule has 0 heterocycles. The van der Waals surface area contributed by atoms with Gasteiger partial charge in [0.2, 0.25) is 0 Å². The molecule has 4 aromatic carbocycles. The summed E-state index contributed by atoms with van der Waals surface area (Å²) in [6, 6.07) is 26.5. The fourth-order valence-corrected chi connectivity index (χ4v) is 3.48. The van der Waals surface area contributed by atoms with Crippen molar-refractivity contribution in [3.05, 3.63) is 72.8 Å². The van der Waals surface area contributed by atoms with E-state index in [1.54, 1.807) is 0 Å². The summed E-state index contributed by atoms with van der Waals surface area (Å²) in [5.41, 5.74) is 5.49. The maximum absolute atomic E-state index is 2.33. The van der Waals surface area contributed by atoms with E-state index < -0.39 is 0 Å². The molecular formula is C20H12. The number of hydrogen-bond acceptors (Lipinski definition) is 0. The molecule has 0 unspecified atom stereocenters. The lowest BCUT2D eigenvalue weighted by molar-refractivity contribution is 1.73. The zero-order valence-electron chi connectivity index (χ0n) is 10.9. The summed E-state index contributed by atoms with van der Waals surface area (Å²) >= 11 is 0. The highest BCUT2D eigenvalue weighted by Crippen LogP contribution is 2.48. The van der Waals surface area contributed by atoms with Gasteiger partial charge in [0.05, 0.1) is 0 Å². The van der Waals surface area contributed by atoms with E-state index >= 15 is 0 Å². The zero-order chi connectivity index (χ0) is 13.1. The van der Waals surface area contributed by atoms with Gasteiger partial charge in [0, 0.05) is 0 Å². The molecule has 1 aliphatic rings. The van der Waals surface area contributed by atoms with Crippen LogP contribution in [0.1, 0.15) is 0 Å². The van der Waals surface area contributed by atoms with Crippen molar-refractivity contribution in [1.82, 2.24) is 0 Å². The molecule has 0 nitrogen and oxygen atoms in total. The summed E-state index contributed by atoms with van der Waals surface area (Å²) in [5, 5.41) is 5.37. The van der Waals surface area contributed by atoms with Crippen molar-refractivity contribution in [3.63, 3.8) is 0 Å². The van der Waals surface area contributed by atoms with Crippen molar-refractivity contribution in [1.29, 1.82) is 0 Å². The Morgan fingerprint density at radius 3 is 1.45 bits per heavy atom. The van der Waals surface area contributed by atoms with Crippen LogP contribution in [0, 0.1) is 0 Å². The van der Waals surface area contributed by atoms with Gasteiger partial charge in [0.25, 0.3) is 0 Å². The van der Waals surface area contributed by atoms with Crippen LogP contribution in [0.4, 0.5) is 0 Å². The van der Waals surface area contributed by atoms with E-state index in [4.69, 9.17) is 0 Å². The highest BCUT2D eigenvalue weighted by atomic mass is 14.8. The molecule has 0 aromatic heterocycles. The van der Waals surface area contributed by atoms with E-state index in [1.807, 2.05) is 0 Å². The average molecular weight is 258 g/mol. The third-order valence-electron chi connectivity index (χ3n) is 4.37. The number of fused-ring (bicyclic) bond motifs is 4. The van der Waals surface area contributed by atoms with Crippen molar-refractivity contribution in [2.45, 2.75) is 0 Å². The van der Waals surface area contributed by atoms with Crippen LogP contribution in [0.15, 0.2) is 72.8 Å². The summed E-state index contributed by atoms with van der Waals surface area (Å²) in [5.74, 6) is 0. The Morgan fingerprint density at radius 2 is 0.900 bits per heavy atom. The molecule has 0 spiro atoms. The van der Waals surface area contributed by atoms with Crippen LogP contribution in [-0.4, -0.2) is 0 Å². The first-order valence-electron chi connectivity index (χ1n) is 6.97. The van der Waals surface area contributed by atoms with E-state index in [0.29, 0.717) is 0 Å². The van der Waals surface area contributed by atoms with Crippen LogP contribution < -0.4 is 0 Å². The molecule has 5 rings (SSSR count). The van der Waals surface area contributed by atoms with E-state index in [1.165, 1.54) is 43.8 Å². The molecule has 0 fully saturated rings. The van der Waals surface area contributed by atoms with Gasteiger partial charge in [-0.3, -0.25) is 0 Å². The van der Waals surface area contributed by atoms with Gasteiger partial charge in [-0.15, -0.1) is 0 Å². The zero-order valence-corrected chi connectivity index (χ0v) is 10.9. The van der Waals surface area contributed by atoms with Gasteiger partial charge in [-0.25, -0.2) is 0 Å². The molecule has 0 radical (unpaired) electrons. The van der Waals surface area contributed by atoms with Gasteiger partial charge in [0.15, 0.2) is 0 Å². The van der Waals surface area contributed by atoms with Crippen LogP contribution in [-0.2, 0) is 0 Å². The first kappa shape index (κ1) is 10.2. The van der Waals surface area contributed by atoms with Crippen LogP contribution in [0.3, 0.4) is 0 Å². The molecule has 0 heteroatoms. The lowest BCUT2D eigenvalue weighted by atomic mass is 10.0. The fourth-order valence-electron chi connectivity index (χ4n) is 3.48. The fraction of sp³-hybridized carbons (Fsp3) is 0. The number of hydrogen-bond donors (Lipinski definition) is 0. The Labute approximate surface area is 117 Å². The highest BCUT2D eigenvalue weighted by Gasteiger charge is 2.20. The topological polar surface area (TPSA) is 0 Å². The molecule has 0 aliphatic heterocycles. The smallest absolute Gasteiger partial charge is 0.00264 e. The second-order valence-corrected chi connectivity index (χ2v) is 5.45. The SMILES string of the molecule is c1cc2c3c(cccc3c1)-c1c[13c]3[13cH][13cH][13cH][13cH][13c]3cc1-2. The molecule has 20 heavy (non-hydrogen) atoms. The van der Waals surface area contributed by atoms with E-state index in [2.05, 4.69) is 72.8 Å². The maximum atomic E-state index is 2.33. The molecule has 4 aromatic rings. The van der Waals surface area contributed by atoms with Gasteiger partial charge in [0.1, 0.15) is 0 Å². The lowest BCUT2D eigenvalue weighted by Gasteiger charge is -2.05. The first-order valence-corrected chi connectivity index (χ1v) is 6.97. The molecular weight excluding hydrogens is 246 g/mol. The molecule has 0 amide bonds. The Balaban J connectivity index is 2.02. The van der Waals surface area contributed by atoms with Crippen LogP contribution in [0.5, 0.6) is 0 Å². The van der Waals surface area contributed by atoms with E-state index in [0.717, 1.165) is 0 Å². The minimum atomic E-state index is 1.32. The number of rotatable bonds is 0. The molecule has 0 atom stereocenters. The highest BCUT2D eigenvalue weighted by molar-refractivity contribution is 6.17. The van der Waals surface area contributed by atoms with Crippen LogP contribution in [0.25, 0.3) is 43.8 Å². The minimum Gasteiger partial charge on any atom is -0.0616 e. The summed E-state index contributed by atoms with van der Waals surface area (Å²) in [6.45, 7) is 0. The van der Waals surface area contributed by atoms with Gasteiger partial charge >= 0.3 is 0 Å². The normalized spacial score (nSPS) is 12.0. The van der Waals surface area contributed by atoms with Gasteiger partial charge in [-0.05, 0) is 55.9 Å². The van der Waals surface area contributed by atoms with Crippen molar-refractivity contribution in [3.8, 4) is 22.3 Å². The average Bonchev–Trinajstić information content (AvgIpc) is 2.82. The van der Waals surface area contributed by atoms with Gasteiger partial charge in [-0.2, -0.15) is 0 Å². The minimum absolute atomic E-state index is 1.32. The molecule has 1 aliphatic carbocycles. The lowest BCUT2D eigenvalue weighted by Crippen LogP contribution is -1.78.